The maximum Gasteiger partial charge on any atom is 0.310 e. The summed E-state index contributed by atoms with van der Waals surface area (Å²) < 4.78 is 64.1. The average Bonchev–Trinajstić information content (AvgIpc) is 3.05. The van der Waals surface area contributed by atoms with E-state index in [0.29, 0.717) is 0 Å². The van der Waals surface area contributed by atoms with E-state index in [1.165, 1.54) is 6.08 Å². The molecule has 2 rings (SSSR count). The Morgan fingerprint density at radius 3 is 2.08 bits per heavy atom. The molecule has 0 aromatic heterocycles. The molecule has 0 spiro atoms. The molecule has 0 radical (unpaired) electrons. The van der Waals surface area contributed by atoms with Crippen molar-refractivity contribution in [2.24, 2.45) is 17.3 Å². The first-order valence-corrected chi connectivity index (χ1v) is 7.87. The van der Waals surface area contributed by atoms with E-state index in [1.54, 1.807) is 13.8 Å². The Labute approximate surface area is 151 Å². The molecule has 0 unspecified atom stereocenters. The highest BCUT2D eigenvalue weighted by atomic mass is 35.5. The maximum atomic E-state index is 13.9. The summed E-state index contributed by atoms with van der Waals surface area (Å²) in [7, 11) is 0.866. The molecule has 0 amide bonds. The van der Waals surface area contributed by atoms with Gasteiger partial charge in [0.15, 0.2) is 17.4 Å². The fourth-order valence-corrected chi connectivity index (χ4v) is 3.04. The zero-order chi connectivity index (χ0) is 19.1. The number of methoxy groups -OCH3 is 1. The van der Waals surface area contributed by atoms with Crippen LogP contribution >= 0.6 is 23.2 Å². The Bertz CT molecular complexity index is 716. The predicted octanol–water partition coefficient (Wildman–Crippen LogP) is 4.89. The largest absolute Gasteiger partial charge is 0.491 e. The number of halogens is 6. The van der Waals surface area contributed by atoms with E-state index in [1.807, 2.05) is 0 Å². The van der Waals surface area contributed by atoms with Crippen molar-refractivity contribution in [3.8, 4) is 5.75 Å². The van der Waals surface area contributed by atoms with Crippen LogP contribution in [0.15, 0.2) is 10.6 Å². The number of carbonyl (C=O) groups is 1. The van der Waals surface area contributed by atoms with Crippen molar-refractivity contribution in [2.75, 3.05) is 7.11 Å². The second kappa shape index (κ2) is 7.03. The molecule has 1 aromatic carbocycles. The van der Waals surface area contributed by atoms with Gasteiger partial charge in [0.25, 0.3) is 0 Å². The molecule has 0 bridgehead atoms. The Kier molecular flexibility index (Phi) is 5.59. The van der Waals surface area contributed by atoms with Gasteiger partial charge in [-0.2, -0.15) is 8.78 Å². The fraction of sp³-hybridized carbons (Fsp3) is 0.438. The number of carbonyl (C=O) groups excluding carboxylic acids is 1. The quantitative estimate of drug-likeness (QED) is 0.401. The van der Waals surface area contributed by atoms with Crippen LogP contribution in [-0.2, 0) is 16.1 Å². The number of benzene rings is 1. The fourth-order valence-electron chi connectivity index (χ4n) is 2.77. The summed E-state index contributed by atoms with van der Waals surface area (Å²) in [5, 5.41) is 0. The first-order chi connectivity index (χ1) is 11.5. The van der Waals surface area contributed by atoms with Gasteiger partial charge in [0.05, 0.1) is 18.6 Å². The Balaban J connectivity index is 2.18. The lowest BCUT2D eigenvalue weighted by Gasteiger charge is -2.11. The van der Waals surface area contributed by atoms with Crippen LogP contribution in [0.2, 0.25) is 0 Å². The van der Waals surface area contributed by atoms with Gasteiger partial charge in [-0.25, -0.2) is 8.78 Å². The summed E-state index contributed by atoms with van der Waals surface area (Å²) in [5.41, 5.74) is -1.55. The molecule has 0 heterocycles. The van der Waals surface area contributed by atoms with Crippen LogP contribution in [0.4, 0.5) is 17.6 Å². The summed E-state index contributed by atoms with van der Waals surface area (Å²) in [5.74, 6) is -9.68. The summed E-state index contributed by atoms with van der Waals surface area (Å²) in [4.78, 5) is 12.1. The molecule has 0 N–H and O–H groups in total. The molecule has 9 heteroatoms. The third-order valence-corrected chi connectivity index (χ3v) is 4.60. The van der Waals surface area contributed by atoms with E-state index in [2.05, 4.69) is 4.74 Å². The molecule has 1 saturated carbocycles. The number of allylic oxidation sites excluding steroid dienone is 1. The summed E-state index contributed by atoms with van der Waals surface area (Å²) >= 11 is 11.1. The van der Waals surface area contributed by atoms with Crippen molar-refractivity contribution in [3.05, 3.63) is 39.4 Å². The van der Waals surface area contributed by atoms with Crippen LogP contribution in [0.25, 0.3) is 0 Å². The smallest absolute Gasteiger partial charge is 0.310 e. The first kappa shape index (κ1) is 19.8. The minimum atomic E-state index is -1.70. The van der Waals surface area contributed by atoms with Crippen molar-refractivity contribution in [1.29, 1.82) is 0 Å². The number of ether oxygens (including phenoxy) is 2. The van der Waals surface area contributed by atoms with Crippen LogP contribution in [0.5, 0.6) is 5.75 Å². The summed E-state index contributed by atoms with van der Waals surface area (Å²) in [6.07, 6.45) is 1.46. The normalized spacial score (nSPS) is 20.8. The average molecular weight is 401 g/mol. The predicted molar refractivity (Wildman–Crippen MR) is 83.2 cm³/mol. The van der Waals surface area contributed by atoms with Gasteiger partial charge < -0.3 is 9.47 Å². The number of hydrogen-bond acceptors (Lipinski definition) is 3. The molecular formula is C16H14Cl2F4O3. The Morgan fingerprint density at radius 1 is 1.12 bits per heavy atom. The van der Waals surface area contributed by atoms with Crippen LogP contribution in [0.3, 0.4) is 0 Å². The first-order valence-electron chi connectivity index (χ1n) is 7.12. The molecular weight excluding hydrogens is 387 g/mol. The molecule has 1 aliphatic carbocycles. The Hall–Kier alpha value is -1.47. The number of esters is 1. The van der Waals surface area contributed by atoms with Crippen LogP contribution in [0, 0.1) is 40.5 Å². The summed E-state index contributed by atoms with van der Waals surface area (Å²) in [6, 6.07) is 0. The van der Waals surface area contributed by atoms with Gasteiger partial charge in [0.2, 0.25) is 11.6 Å². The van der Waals surface area contributed by atoms with E-state index in [9.17, 15) is 22.4 Å². The molecule has 1 aliphatic rings. The van der Waals surface area contributed by atoms with Crippen molar-refractivity contribution in [3.63, 3.8) is 0 Å². The van der Waals surface area contributed by atoms with E-state index in [0.717, 1.165) is 7.11 Å². The van der Waals surface area contributed by atoms with E-state index in [-0.39, 0.29) is 10.4 Å². The standard InChI is InChI=1S/C16H14Cl2F4O3/c1-16(2)7(4-8(17)18)9(16)15(23)25-5-6-10(19)12(21)14(24-3)13(22)11(6)20/h4,7,9H,5H2,1-3H3/t7-,9+/m0/s1. The van der Waals surface area contributed by atoms with Crippen LogP contribution < -0.4 is 4.74 Å². The topological polar surface area (TPSA) is 35.5 Å². The third-order valence-electron chi connectivity index (χ3n) is 4.35. The van der Waals surface area contributed by atoms with Gasteiger partial charge in [-0.1, -0.05) is 37.0 Å². The molecule has 0 aliphatic heterocycles. The minimum Gasteiger partial charge on any atom is -0.491 e. The zero-order valence-electron chi connectivity index (χ0n) is 13.4. The van der Waals surface area contributed by atoms with Crippen LogP contribution in [0.1, 0.15) is 19.4 Å². The number of rotatable bonds is 5. The lowest BCUT2D eigenvalue weighted by Crippen LogP contribution is -2.14. The van der Waals surface area contributed by atoms with Crippen molar-refractivity contribution >= 4 is 29.2 Å². The van der Waals surface area contributed by atoms with Gasteiger partial charge in [0, 0.05) is 0 Å². The second-order valence-corrected chi connectivity index (χ2v) is 7.16. The molecule has 0 saturated heterocycles. The minimum absolute atomic E-state index is 0.0234. The highest BCUT2D eigenvalue weighted by Crippen LogP contribution is 2.60. The molecule has 25 heavy (non-hydrogen) atoms. The Morgan fingerprint density at radius 2 is 1.64 bits per heavy atom. The molecule has 138 valence electrons. The lowest BCUT2D eigenvalue weighted by atomic mass is 10.1. The van der Waals surface area contributed by atoms with Gasteiger partial charge in [-0.15, -0.1) is 0 Å². The molecule has 1 fully saturated rings. The lowest BCUT2D eigenvalue weighted by molar-refractivity contribution is -0.147. The summed E-state index contributed by atoms with van der Waals surface area (Å²) in [6.45, 7) is 2.54. The van der Waals surface area contributed by atoms with E-state index >= 15 is 0 Å². The van der Waals surface area contributed by atoms with E-state index in [4.69, 9.17) is 27.9 Å². The van der Waals surface area contributed by atoms with Crippen molar-refractivity contribution < 1.29 is 31.8 Å². The van der Waals surface area contributed by atoms with Crippen molar-refractivity contribution in [2.45, 2.75) is 20.5 Å². The van der Waals surface area contributed by atoms with Gasteiger partial charge in [-0.3, -0.25) is 4.79 Å². The van der Waals surface area contributed by atoms with Gasteiger partial charge in [-0.05, 0) is 17.4 Å². The van der Waals surface area contributed by atoms with Crippen LogP contribution in [-0.4, -0.2) is 13.1 Å². The van der Waals surface area contributed by atoms with Crippen molar-refractivity contribution in [1.82, 2.24) is 0 Å². The zero-order valence-corrected chi connectivity index (χ0v) is 14.9. The SMILES string of the molecule is COc1c(F)c(F)c(COC(=O)[C@H]2[C@H](C=C(Cl)Cl)C2(C)C)c(F)c1F. The monoisotopic (exact) mass is 400 g/mol. The molecule has 2 atom stereocenters. The molecule has 1 aromatic rings. The van der Waals surface area contributed by atoms with Gasteiger partial charge in [0.1, 0.15) is 11.1 Å². The van der Waals surface area contributed by atoms with Gasteiger partial charge >= 0.3 is 5.97 Å². The number of hydrogen-bond donors (Lipinski definition) is 0. The highest BCUT2D eigenvalue weighted by molar-refractivity contribution is 6.55. The molecule has 3 nitrogen and oxygen atoms in total. The third kappa shape index (κ3) is 3.58. The highest BCUT2D eigenvalue weighted by Gasteiger charge is 2.61. The van der Waals surface area contributed by atoms with E-state index < -0.39 is 58.5 Å². The maximum absolute atomic E-state index is 13.9. The second-order valence-electron chi connectivity index (χ2n) is 6.16.